The van der Waals surface area contributed by atoms with Gasteiger partial charge >= 0.3 is 0 Å². The first-order chi connectivity index (χ1) is 12.1. The van der Waals surface area contributed by atoms with Crippen molar-refractivity contribution in [2.24, 2.45) is 0 Å². The van der Waals surface area contributed by atoms with Gasteiger partial charge in [0.25, 0.3) is 11.6 Å². The zero-order chi connectivity index (χ0) is 17.6. The molecule has 0 saturated carbocycles. The van der Waals surface area contributed by atoms with Crippen molar-refractivity contribution < 1.29 is 9.72 Å². The van der Waals surface area contributed by atoms with E-state index < -0.39 is 4.92 Å². The van der Waals surface area contributed by atoms with Crippen molar-refractivity contribution in [3.63, 3.8) is 0 Å². The second kappa shape index (κ2) is 7.35. The number of hydrogen-bond acceptors (Lipinski definition) is 4. The Labute approximate surface area is 144 Å². The van der Waals surface area contributed by atoms with Crippen LogP contribution in [0, 0.1) is 10.1 Å². The number of amides is 1. The standard InChI is InChI=1S/C19H15N3O3/c23-19(16-7-4-8-17(13-16)22(24)25)21-18(14-5-2-1-3-6-14)15-9-11-20-12-10-15/h1-13,18H,(H,21,23)/t18-/m1/s1. The molecule has 6 nitrogen and oxygen atoms in total. The summed E-state index contributed by atoms with van der Waals surface area (Å²) >= 11 is 0. The topological polar surface area (TPSA) is 85.1 Å². The second-order valence-electron chi connectivity index (χ2n) is 5.41. The highest BCUT2D eigenvalue weighted by Crippen LogP contribution is 2.22. The predicted molar refractivity (Wildman–Crippen MR) is 93.1 cm³/mol. The maximum Gasteiger partial charge on any atom is 0.270 e. The molecule has 1 atom stereocenters. The minimum Gasteiger partial charge on any atom is -0.341 e. The lowest BCUT2D eigenvalue weighted by Crippen LogP contribution is -2.29. The molecule has 1 N–H and O–H groups in total. The number of aromatic nitrogens is 1. The molecule has 0 bridgehead atoms. The van der Waals surface area contributed by atoms with Gasteiger partial charge in [0, 0.05) is 30.1 Å². The molecule has 0 radical (unpaired) electrons. The zero-order valence-electron chi connectivity index (χ0n) is 13.2. The van der Waals surface area contributed by atoms with E-state index in [4.69, 9.17) is 0 Å². The van der Waals surface area contributed by atoms with Crippen LogP contribution in [-0.2, 0) is 0 Å². The molecular weight excluding hydrogens is 318 g/mol. The molecule has 3 rings (SSSR count). The fourth-order valence-electron chi connectivity index (χ4n) is 2.54. The maximum absolute atomic E-state index is 12.6. The van der Waals surface area contributed by atoms with Crippen LogP contribution in [0.4, 0.5) is 5.69 Å². The number of hydrogen-bond donors (Lipinski definition) is 1. The molecule has 2 aromatic carbocycles. The Bertz CT molecular complexity index is 843. The van der Waals surface area contributed by atoms with Crippen molar-refractivity contribution in [2.75, 3.05) is 0 Å². The third kappa shape index (κ3) is 3.87. The summed E-state index contributed by atoms with van der Waals surface area (Å²) in [5.41, 5.74) is 1.91. The number of benzene rings is 2. The van der Waals surface area contributed by atoms with Crippen LogP contribution in [0.2, 0.25) is 0 Å². The Morgan fingerprint density at radius 3 is 2.32 bits per heavy atom. The molecule has 1 aromatic heterocycles. The Morgan fingerprint density at radius 1 is 0.960 bits per heavy atom. The Morgan fingerprint density at radius 2 is 1.64 bits per heavy atom. The lowest BCUT2D eigenvalue weighted by molar-refractivity contribution is -0.384. The van der Waals surface area contributed by atoms with Crippen molar-refractivity contribution in [1.29, 1.82) is 0 Å². The highest BCUT2D eigenvalue weighted by atomic mass is 16.6. The summed E-state index contributed by atoms with van der Waals surface area (Å²) in [7, 11) is 0. The van der Waals surface area contributed by atoms with E-state index in [2.05, 4.69) is 10.3 Å². The number of nitro groups is 1. The summed E-state index contributed by atoms with van der Waals surface area (Å²) in [6.45, 7) is 0. The van der Waals surface area contributed by atoms with Crippen molar-refractivity contribution >= 4 is 11.6 Å². The quantitative estimate of drug-likeness (QED) is 0.572. The molecule has 0 aliphatic rings. The summed E-state index contributed by atoms with van der Waals surface area (Å²) in [5, 5.41) is 13.9. The van der Waals surface area contributed by atoms with Crippen LogP contribution in [0.3, 0.4) is 0 Å². The molecule has 1 amide bonds. The number of carbonyl (C=O) groups excluding carboxylic acids is 1. The van der Waals surface area contributed by atoms with Gasteiger partial charge in [0.1, 0.15) is 0 Å². The number of carbonyl (C=O) groups is 1. The lowest BCUT2D eigenvalue weighted by Gasteiger charge is -2.19. The Hall–Kier alpha value is -3.54. The molecule has 0 unspecified atom stereocenters. The van der Waals surface area contributed by atoms with Crippen LogP contribution in [-0.4, -0.2) is 15.8 Å². The van der Waals surface area contributed by atoms with E-state index in [-0.39, 0.29) is 23.2 Å². The molecule has 1 heterocycles. The fourth-order valence-corrected chi connectivity index (χ4v) is 2.54. The minimum absolute atomic E-state index is 0.118. The summed E-state index contributed by atoms with van der Waals surface area (Å²) in [6.07, 6.45) is 3.32. The first kappa shape index (κ1) is 16.3. The van der Waals surface area contributed by atoms with E-state index in [0.717, 1.165) is 11.1 Å². The number of pyridine rings is 1. The second-order valence-corrected chi connectivity index (χ2v) is 5.41. The van der Waals surface area contributed by atoms with Crippen molar-refractivity contribution in [2.45, 2.75) is 6.04 Å². The van der Waals surface area contributed by atoms with Gasteiger partial charge < -0.3 is 5.32 Å². The molecule has 0 saturated heterocycles. The van der Waals surface area contributed by atoms with E-state index in [0.29, 0.717) is 0 Å². The van der Waals surface area contributed by atoms with Gasteiger partial charge in [-0.15, -0.1) is 0 Å². The van der Waals surface area contributed by atoms with E-state index in [1.807, 2.05) is 42.5 Å². The molecular formula is C19H15N3O3. The van der Waals surface area contributed by atoms with Gasteiger partial charge in [-0.3, -0.25) is 19.9 Å². The smallest absolute Gasteiger partial charge is 0.270 e. The highest BCUT2D eigenvalue weighted by molar-refractivity contribution is 5.95. The predicted octanol–water partition coefficient (Wildman–Crippen LogP) is 3.51. The van der Waals surface area contributed by atoms with Gasteiger partial charge in [0.2, 0.25) is 0 Å². The van der Waals surface area contributed by atoms with Crippen molar-refractivity contribution in [1.82, 2.24) is 10.3 Å². The van der Waals surface area contributed by atoms with Crippen LogP contribution in [0.25, 0.3) is 0 Å². The average molecular weight is 333 g/mol. The number of non-ortho nitro benzene ring substituents is 1. The summed E-state index contributed by atoms with van der Waals surface area (Å²) in [6, 6.07) is 18.5. The van der Waals surface area contributed by atoms with Gasteiger partial charge in [-0.1, -0.05) is 36.4 Å². The first-order valence-corrected chi connectivity index (χ1v) is 7.65. The Kier molecular flexibility index (Phi) is 4.80. The van der Waals surface area contributed by atoms with E-state index >= 15 is 0 Å². The van der Waals surface area contributed by atoms with Crippen molar-refractivity contribution in [3.8, 4) is 0 Å². The van der Waals surface area contributed by atoms with Crippen molar-refractivity contribution in [3.05, 3.63) is 106 Å². The summed E-state index contributed by atoms with van der Waals surface area (Å²) in [5.74, 6) is -0.380. The largest absolute Gasteiger partial charge is 0.341 e. The van der Waals surface area contributed by atoms with Gasteiger partial charge in [0.15, 0.2) is 0 Å². The molecule has 0 aliphatic heterocycles. The monoisotopic (exact) mass is 333 g/mol. The summed E-state index contributed by atoms with van der Waals surface area (Å²) in [4.78, 5) is 27.0. The average Bonchev–Trinajstić information content (AvgIpc) is 2.67. The van der Waals surface area contributed by atoms with Gasteiger partial charge in [-0.2, -0.15) is 0 Å². The molecule has 0 spiro atoms. The van der Waals surface area contributed by atoms with Crippen LogP contribution < -0.4 is 5.32 Å². The maximum atomic E-state index is 12.6. The minimum atomic E-state index is -0.520. The zero-order valence-corrected chi connectivity index (χ0v) is 13.2. The van der Waals surface area contributed by atoms with Gasteiger partial charge in [-0.25, -0.2) is 0 Å². The molecule has 3 aromatic rings. The first-order valence-electron chi connectivity index (χ1n) is 7.65. The third-order valence-corrected chi connectivity index (χ3v) is 3.77. The fraction of sp³-hybridized carbons (Fsp3) is 0.0526. The summed E-state index contributed by atoms with van der Waals surface area (Å²) < 4.78 is 0. The molecule has 124 valence electrons. The van der Waals surface area contributed by atoms with Crippen LogP contribution in [0.15, 0.2) is 79.1 Å². The van der Waals surface area contributed by atoms with E-state index in [9.17, 15) is 14.9 Å². The number of nitrogens with zero attached hydrogens (tertiary/aromatic N) is 2. The molecule has 0 fully saturated rings. The van der Waals surface area contributed by atoms with Gasteiger partial charge in [-0.05, 0) is 29.3 Å². The van der Waals surface area contributed by atoms with Crippen LogP contribution >= 0.6 is 0 Å². The molecule has 6 heteroatoms. The lowest BCUT2D eigenvalue weighted by atomic mass is 9.99. The van der Waals surface area contributed by atoms with E-state index in [1.165, 1.54) is 18.2 Å². The molecule has 25 heavy (non-hydrogen) atoms. The van der Waals surface area contributed by atoms with E-state index in [1.54, 1.807) is 18.5 Å². The van der Waals surface area contributed by atoms with Crippen LogP contribution in [0.1, 0.15) is 27.5 Å². The normalized spacial score (nSPS) is 11.5. The SMILES string of the molecule is O=C(N[C@H](c1ccccc1)c1ccncc1)c1cccc([N+](=O)[O-])c1. The Balaban J connectivity index is 1.92. The van der Waals surface area contributed by atoms with Crippen LogP contribution in [0.5, 0.6) is 0 Å². The number of rotatable bonds is 5. The molecule has 0 aliphatic carbocycles. The number of nitrogens with one attached hydrogen (secondary N) is 1. The third-order valence-electron chi connectivity index (χ3n) is 3.77. The highest BCUT2D eigenvalue weighted by Gasteiger charge is 2.19. The number of nitro benzene ring substituents is 1. The van der Waals surface area contributed by atoms with Gasteiger partial charge in [0.05, 0.1) is 11.0 Å².